The van der Waals surface area contributed by atoms with Crippen LogP contribution in [-0.4, -0.2) is 167 Å². The van der Waals surface area contributed by atoms with E-state index in [1.165, 1.54) is 38.1 Å². The van der Waals surface area contributed by atoms with E-state index in [-0.39, 0.29) is 22.6 Å². The van der Waals surface area contributed by atoms with E-state index in [4.69, 9.17) is 33.2 Å². The van der Waals surface area contributed by atoms with Gasteiger partial charge in [0.05, 0.1) is 18.8 Å². The highest BCUT2D eigenvalue weighted by Crippen LogP contribution is 2.44. The molecule has 17 atom stereocenters. The van der Waals surface area contributed by atoms with Gasteiger partial charge in [-0.2, -0.15) is 0 Å². The highest BCUT2D eigenvalue weighted by molar-refractivity contribution is 6.05. The molecule has 2 aromatic rings. The van der Waals surface area contributed by atoms with Crippen molar-refractivity contribution in [3.63, 3.8) is 0 Å². The summed E-state index contributed by atoms with van der Waals surface area (Å²) in [5, 5.41) is 115. The minimum Gasteiger partial charge on any atom is -0.508 e. The van der Waals surface area contributed by atoms with Crippen molar-refractivity contribution in [2.75, 3.05) is 6.61 Å². The summed E-state index contributed by atoms with van der Waals surface area (Å²) >= 11 is 0. The predicted octanol–water partition coefficient (Wildman–Crippen LogP) is -2.99. The summed E-state index contributed by atoms with van der Waals surface area (Å²) in [6, 6.07) is 7.40. The molecule has 288 valence electrons. The molecule has 0 saturated carbocycles. The Morgan fingerprint density at radius 2 is 1.23 bits per heavy atom. The Kier molecular flexibility index (Phi) is 11.3. The predicted molar refractivity (Wildman–Crippen MR) is 167 cm³/mol. The maximum Gasteiger partial charge on any atom is 0.203 e. The normalized spacial score (nSPS) is 42.3. The molecule has 17 unspecified atom stereocenters. The molecule has 0 bridgehead atoms. The van der Waals surface area contributed by atoms with Gasteiger partial charge in [0, 0.05) is 12.1 Å². The third-order valence-electron chi connectivity index (χ3n) is 9.58. The van der Waals surface area contributed by atoms with E-state index in [1.807, 2.05) is 0 Å². The Morgan fingerprint density at radius 1 is 0.635 bits per heavy atom. The van der Waals surface area contributed by atoms with E-state index < -0.39 is 128 Å². The zero-order valence-electron chi connectivity index (χ0n) is 27.7. The summed E-state index contributed by atoms with van der Waals surface area (Å²) in [5.41, 5.74) is -0.129. The van der Waals surface area contributed by atoms with Crippen molar-refractivity contribution in [1.29, 1.82) is 0 Å². The number of phenols is 3. The number of hydrogen-bond acceptors (Lipinski definition) is 19. The summed E-state index contributed by atoms with van der Waals surface area (Å²) in [6.07, 6.45) is -27.5. The molecule has 0 spiro atoms. The van der Waals surface area contributed by atoms with Crippen LogP contribution in [0.15, 0.2) is 36.4 Å². The number of phenolic OH excluding ortho intramolecular Hbond substituents is 3. The summed E-state index contributed by atoms with van der Waals surface area (Å²) in [5.74, 6) is -2.32. The number of Topliss-reactive ketones (excluding diaryl/α,β-unsaturated/α-hetero) is 1. The second-order valence-electron chi connectivity index (χ2n) is 13.2. The van der Waals surface area contributed by atoms with Crippen LogP contribution in [0.4, 0.5) is 0 Å². The van der Waals surface area contributed by atoms with Crippen molar-refractivity contribution in [3.05, 3.63) is 47.5 Å². The molecule has 4 aliphatic rings. The lowest BCUT2D eigenvalue weighted by Gasteiger charge is -2.47. The standard InChI is InChI=1S/C33H42O19/c1-10-19(37)23(41)26(44)31(47-10)46-9-17-21(39)25(43)30(52-32-27(45)24(42)20(38)11(2)48-32)33(50-17)51-29-22(40)18-15(36)7-14(35)8-16(18)49-28(29)12-3-5-13(34)6-4-12/h3-8,10-11,17,19-21,23-39,41-45H,9H2,1-2H3. The zero-order valence-corrected chi connectivity index (χ0v) is 27.7. The van der Waals surface area contributed by atoms with E-state index in [0.717, 1.165) is 12.1 Å². The van der Waals surface area contributed by atoms with Crippen LogP contribution in [0.25, 0.3) is 0 Å². The van der Waals surface area contributed by atoms with E-state index in [0.29, 0.717) is 0 Å². The molecule has 0 amide bonds. The first-order valence-electron chi connectivity index (χ1n) is 16.5. The van der Waals surface area contributed by atoms with Crippen LogP contribution in [0.1, 0.15) is 35.9 Å². The van der Waals surface area contributed by atoms with Crippen LogP contribution in [0.5, 0.6) is 23.0 Å². The van der Waals surface area contributed by atoms with Crippen LogP contribution in [0.2, 0.25) is 0 Å². The van der Waals surface area contributed by atoms with Gasteiger partial charge in [-0.15, -0.1) is 0 Å². The lowest BCUT2D eigenvalue weighted by molar-refractivity contribution is -0.373. The van der Waals surface area contributed by atoms with Crippen LogP contribution >= 0.6 is 0 Å². The highest BCUT2D eigenvalue weighted by atomic mass is 16.8. The van der Waals surface area contributed by atoms with Gasteiger partial charge in [-0.25, -0.2) is 0 Å². The van der Waals surface area contributed by atoms with Crippen LogP contribution in [-0.2, 0) is 28.4 Å². The number of carbonyl (C=O) groups excluding carboxylic acids is 1. The fourth-order valence-corrected chi connectivity index (χ4v) is 6.51. The second-order valence-corrected chi connectivity index (χ2v) is 13.2. The molecule has 4 aliphatic heterocycles. The Balaban J connectivity index is 1.33. The first kappa shape index (κ1) is 38.5. The maximum atomic E-state index is 14.1. The first-order valence-corrected chi connectivity index (χ1v) is 16.5. The fourth-order valence-electron chi connectivity index (χ4n) is 6.51. The number of ketones is 1. The Morgan fingerprint density at radius 3 is 1.87 bits per heavy atom. The number of ether oxygens (including phenoxy) is 7. The molecule has 6 rings (SSSR count). The van der Waals surface area contributed by atoms with Crippen molar-refractivity contribution in [1.82, 2.24) is 0 Å². The van der Waals surface area contributed by atoms with Gasteiger partial charge in [-0.3, -0.25) is 4.79 Å². The summed E-state index contributed by atoms with van der Waals surface area (Å²) < 4.78 is 40.6. The van der Waals surface area contributed by atoms with Gasteiger partial charge < -0.3 is 89.3 Å². The van der Waals surface area contributed by atoms with Gasteiger partial charge >= 0.3 is 0 Å². The molecule has 2 aromatic carbocycles. The molecule has 52 heavy (non-hydrogen) atoms. The van der Waals surface area contributed by atoms with Crippen molar-refractivity contribution in [2.24, 2.45) is 0 Å². The average molecular weight is 743 g/mol. The first-order chi connectivity index (χ1) is 24.6. The Bertz CT molecular complexity index is 1560. The molecule has 0 aliphatic carbocycles. The summed E-state index contributed by atoms with van der Waals surface area (Å²) in [7, 11) is 0. The lowest BCUT2D eigenvalue weighted by Crippen LogP contribution is -2.65. The number of benzene rings is 2. The number of aromatic hydroxyl groups is 3. The van der Waals surface area contributed by atoms with Gasteiger partial charge in [-0.05, 0) is 31.5 Å². The Hall–Kier alpha value is -3.25. The van der Waals surface area contributed by atoms with Gasteiger partial charge in [0.2, 0.25) is 5.78 Å². The van der Waals surface area contributed by atoms with Crippen molar-refractivity contribution < 1.29 is 94.1 Å². The molecule has 19 nitrogen and oxygen atoms in total. The second kappa shape index (κ2) is 15.2. The van der Waals surface area contributed by atoms with Crippen LogP contribution in [0, 0.1) is 0 Å². The fraction of sp³-hybridized carbons (Fsp3) is 0.606. The minimum absolute atomic E-state index is 0.126. The summed E-state index contributed by atoms with van der Waals surface area (Å²) in [6.45, 7) is 2.15. The molecule has 0 aromatic heterocycles. The van der Waals surface area contributed by atoms with Crippen molar-refractivity contribution in [3.8, 4) is 23.0 Å². The molecule has 3 fully saturated rings. The largest absolute Gasteiger partial charge is 0.508 e. The molecular weight excluding hydrogens is 700 g/mol. The van der Waals surface area contributed by atoms with Crippen molar-refractivity contribution >= 4 is 5.78 Å². The smallest absolute Gasteiger partial charge is 0.203 e. The van der Waals surface area contributed by atoms with Gasteiger partial charge in [0.1, 0.15) is 89.6 Å². The lowest BCUT2D eigenvalue weighted by atomic mass is 9.92. The van der Waals surface area contributed by atoms with Crippen LogP contribution < -0.4 is 4.74 Å². The topological polar surface area (TPSA) is 304 Å². The molecule has 3 saturated heterocycles. The monoisotopic (exact) mass is 742 g/mol. The average Bonchev–Trinajstić information content (AvgIpc) is 3.10. The minimum atomic E-state index is -1.98. The quantitative estimate of drug-likeness (QED) is 0.128. The number of rotatable bonds is 8. The maximum absolute atomic E-state index is 14.1. The van der Waals surface area contributed by atoms with E-state index in [2.05, 4.69) is 0 Å². The zero-order chi connectivity index (χ0) is 37.8. The number of hydrogen-bond donors (Lipinski definition) is 11. The van der Waals surface area contributed by atoms with Crippen LogP contribution in [0.3, 0.4) is 0 Å². The number of carbonyl (C=O) groups is 1. The third-order valence-corrected chi connectivity index (χ3v) is 9.58. The van der Waals surface area contributed by atoms with Crippen molar-refractivity contribution in [2.45, 2.75) is 118 Å². The molecule has 0 radical (unpaired) electrons. The molecule has 19 heteroatoms. The molecular formula is C33H42O19. The van der Waals surface area contributed by atoms with E-state index in [1.54, 1.807) is 0 Å². The number of fused-ring (bicyclic) bond motifs is 1. The third kappa shape index (κ3) is 7.30. The Labute approximate surface area is 295 Å². The van der Waals surface area contributed by atoms with Gasteiger partial charge in [0.15, 0.2) is 31.1 Å². The highest BCUT2D eigenvalue weighted by Gasteiger charge is 2.53. The molecule has 4 heterocycles. The van der Waals surface area contributed by atoms with Gasteiger partial charge in [0.25, 0.3) is 0 Å². The molecule has 11 N–H and O–H groups in total. The summed E-state index contributed by atoms with van der Waals surface area (Å²) in [4.78, 5) is 14.1. The number of aliphatic hydroxyl groups is 8. The van der Waals surface area contributed by atoms with Gasteiger partial charge in [-0.1, -0.05) is 12.1 Å². The van der Waals surface area contributed by atoms with E-state index in [9.17, 15) is 61.0 Å². The van der Waals surface area contributed by atoms with E-state index >= 15 is 0 Å². The SMILES string of the molecule is CC1OC(OCC2OC(OC3C(=O)c4c(O)cc(O)cc4OC3c3ccc(O)cc3)C(OC3OC(C)C(O)C(O)C3O)C(O)C2O)C(O)C(O)C1O. The number of aliphatic hydroxyl groups excluding tert-OH is 8.